The summed E-state index contributed by atoms with van der Waals surface area (Å²) in [5.41, 5.74) is 1.06. The Morgan fingerprint density at radius 2 is 1.70 bits per heavy atom. The maximum Gasteiger partial charge on any atom is 0.241 e. The molecule has 1 N–H and O–H groups in total. The van der Waals surface area contributed by atoms with Crippen LogP contribution in [0.4, 0.5) is 5.69 Å². The van der Waals surface area contributed by atoms with Crippen molar-refractivity contribution in [3.63, 3.8) is 0 Å². The molecule has 0 unspecified atom stereocenters. The molecule has 30 heavy (non-hydrogen) atoms. The van der Waals surface area contributed by atoms with Gasteiger partial charge in [-0.1, -0.05) is 0 Å². The second-order valence-electron chi connectivity index (χ2n) is 7.06. The number of rotatable bonds is 5. The maximum absolute atomic E-state index is 12.6. The lowest BCUT2D eigenvalue weighted by Gasteiger charge is -2.36. The van der Waals surface area contributed by atoms with Crippen LogP contribution < -0.4 is 19.1 Å². The first kappa shape index (κ1) is 20.4. The van der Waals surface area contributed by atoms with Crippen LogP contribution in [0.5, 0.6) is 11.5 Å². The number of hydrogen-bond donors (Lipinski definition) is 1. The average Bonchev–Trinajstić information content (AvgIpc) is 3.03. The van der Waals surface area contributed by atoms with Gasteiger partial charge in [-0.15, -0.1) is 0 Å². The number of aromatic nitrogens is 1. The zero-order chi connectivity index (χ0) is 21.0. The fraction of sp³-hybridized carbons (Fsp3) is 0.400. The molecule has 0 aliphatic carbocycles. The van der Waals surface area contributed by atoms with E-state index >= 15 is 0 Å². The predicted octanol–water partition coefficient (Wildman–Crippen LogP) is 0.870. The number of nitrogens with zero attached hydrogens (tertiary/aromatic N) is 3. The van der Waals surface area contributed by atoms with Gasteiger partial charge < -0.3 is 19.3 Å². The van der Waals surface area contributed by atoms with Crippen LogP contribution in [0.1, 0.15) is 6.42 Å². The average molecular weight is 433 g/mol. The summed E-state index contributed by atoms with van der Waals surface area (Å²) in [5, 5.41) is 0. The van der Waals surface area contributed by atoms with Gasteiger partial charge >= 0.3 is 0 Å². The third kappa shape index (κ3) is 4.65. The highest BCUT2D eigenvalue weighted by atomic mass is 32.2. The summed E-state index contributed by atoms with van der Waals surface area (Å²) in [5.74, 6) is 0.672. The van der Waals surface area contributed by atoms with Gasteiger partial charge in [-0.3, -0.25) is 9.78 Å². The number of benzene rings is 1. The van der Waals surface area contributed by atoms with Crippen molar-refractivity contribution in [2.24, 2.45) is 0 Å². The molecule has 1 saturated heterocycles. The van der Waals surface area contributed by atoms with Crippen LogP contribution in [-0.2, 0) is 14.8 Å². The van der Waals surface area contributed by atoms with E-state index in [-0.39, 0.29) is 17.3 Å². The number of sulfonamides is 1. The summed E-state index contributed by atoms with van der Waals surface area (Å²) >= 11 is 0. The van der Waals surface area contributed by atoms with Gasteiger partial charge in [0.25, 0.3) is 0 Å². The SMILES string of the molecule is O=C(CNS(=O)(=O)c1ccc2c(c1)OCCCO2)N1CCN(c2ccncc2)CC1. The van der Waals surface area contributed by atoms with Gasteiger partial charge in [0, 0.05) is 56.7 Å². The Morgan fingerprint density at radius 1 is 1.00 bits per heavy atom. The lowest BCUT2D eigenvalue weighted by Crippen LogP contribution is -2.51. The highest BCUT2D eigenvalue weighted by molar-refractivity contribution is 7.89. The van der Waals surface area contributed by atoms with Crippen LogP contribution in [0.15, 0.2) is 47.6 Å². The molecule has 1 amide bonds. The van der Waals surface area contributed by atoms with Gasteiger partial charge in [0.1, 0.15) is 0 Å². The summed E-state index contributed by atoms with van der Waals surface area (Å²) in [6.45, 7) is 3.15. The second-order valence-corrected chi connectivity index (χ2v) is 8.82. The van der Waals surface area contributed by atoms with Gasteiger partial charge in [0.05, 0.1) is 24.7 Å². The summed E-state index contributed by atoms with van der Waals surface area (Å²) in [6, 6.07) is 8.33. The molecule has 10 heteroatoms. The molecule has 0 bridgehead atoms. The van der Waals surface area contributed by atoms with E-state index in [0.717, 1.165) is 12.1 Å². The first-order valence-electron chi connectivity index (χ1n) is 9.85. The number of nitrogens with one attached hydrogen (secondary N) is 1. The Balaban J connectivity index is 1.33. The minimum absolute atomic E-state index is 0.0436. The molecule has 0 atom stereocenters. The third-order valence-electron chi connectivity index (χ3n) is 5.10. The molecule has 0 radical (unpaired) electrons. The van der Waals surface area contributed by atoms with Crippen molar-refractivity contribution >= 4 is 21.6 Å². The Bertz CT molecular complexity index is 992. The molecular formula is C20H24N4O5S. The number of pyridine rings is 1. The van der Waals surface area contributed by atoms with E-state index in [4.69, 9.17) is 9.47 Å². The van der Waals surface area contributed by atoms with Crippen molar-refractivity contribution in [1.29, 1.82) is 0 Å². The van der Waals surface area contributed by atoms with Crippen molar-refractivity contribution in [1.82, 2.24) is 14.6 Å². The van der Waals surface area contributed by atoms with Gasteiger partial charge in [-0.25, -0.2) is 13.1 Å². The van der Waals surface area contributed by atoms with E-state index in [1.807, 2.05) is 12.1 Å². The van der Waals surface area contributed by atoms with Crippen LogP contribution in [-0.4, -0.2) is 70.1 Å². The fourth-order valence-corrected chi connectivity index (χ4v) is 4.42. The Kier molecular flexibility index (Phi) is 6.05. The standard InChI is InChI=1S/C20H24N4O5S/c25-20(24-10-8-23(9-11-24)16-4-6-21-7-5-16)15-22-30(26,27)17-2-3-18-19(14-17)29-13-1-12-28-18/h2-7,14,22H,1,8-13,15H2. The van der Waals surface area contributed by atoms with Gasteiger partial charge in [0.15, 0.2) is 11.5 Å². The van der Waals surface area contributed by atoms with E-state index in [1.54, 1.807) is 23.4 Å². The molecule has 9 nitrogen and oxygen atoms in total. The van der Waals surface area contributed by atoms with Crippen molar-refractivity contribution in [3.8, 4) is 11.5 Å². The minimum atomic E-state index is -3.84. The number of piperazine rings is 1. The first-order valence-corrected chi connectivity index (χ1v) is 11.3. The maximum atomic E-state index is 12.6. The quantitative estimate of drug-likeness (QED) is 0.748. The smallest absolute Gasteiger partial charge is 0.241 e. The Morgan fingerprint density at radius 3 is 2.43 bits per heavy atom. The molecular weight excluding hydrogens is 408 g/mol. The van der Waals surface area contributed by atoms with Crippen LogP contribution in [0.3, 0.4) is 0 Å². The number of anilines is 1. The highest BCUT2D eigenvalue weighted by Gasteiger charge is 2.24. The molecule has 1 fully saturated rings. The summed E-state index contributed by atoms with van der Waals surface area (Å²) in [4.78, 5) is 20.4. The number of hydrogen-bond acceptors (Lipinski definition) is 7. The molecule has 1 aromatic heterocycles. The molecule has 0 saturated carbocycles. The Hall–Kier alpha value is -2.85. The molecule has 2 aromatic rings. The number of ether oxygens (including phenoxy) is 2. The third-order valence-corrected chi connectivity index (χ3v) is 6.50. The molecule has 2 aliphatic heterocycles. The van der Waals surface area contributed by atoms with Crippen LogP contribution in [0.2, 0.25) is 0 Å². The lowest BCUT2D eigenvalue weighted by molar-refractivity contribution is -0.130. The van der Waals surface area contributed by atoms with Crippen molar-refractivity contribution in [3.05, 3.63) is 42.7 Å². The Labute approximate surface area is 175 Å². The van der Waals surface area contributed by atoms with Crippen LogP contribution >= 0.6 is 0 Å². The largest absolute Gasteiger partial charge is 0.490 e. The number of carbonyl (C=O) groups excluding carboxylic acids is 1. The zero-order valence-electron chi connectivity index (χ0n) is 16.5. The zero-order valence-corrected chi connectivity index (χ0v) is 17.3. The molecule has 160 valence electrons. The van der Waals surface area contributed by atoms with E-state index < -0.39 is 10.0 Å². The second kappa shape index (κ2) is 8.88. The molecule has 0 spiro atoms. The normalized spacial score (nSPS) is 16.8. The van der Waals surface area contributed by atoms with Crippen LogP contribution in [0.25, 0.3) is 0 Å². The first-order chi connectivity index (χ1) is 14.5. The fourth-order valence-electron chi connectivity index (χ4n) is 3.43. The highest BCUT2D eigenvalue weighted by Crippen LogP contribution is 2.31. The summed E-state index contributed by atoms with van der Waals surface area (Å²) in [7, 11) is -3.84. The monoisotopic (exact) mass is 432 g/mol. The summed E-state index contributed by atoms with van der Waals surface area (Å²) in [6.07, 6.45) is 4.21. The van der Waals surface area contributed by atoms with Crippen LogP contribution in [0, 0.1) is 0 Å². The van der Waals surface area contributed by atoms with E-state index in [9.17, 15) is 13.2 Å². The molecule has 1 aromatic carbocycles. The number of fused-ring (bicyclic) bond motifs is 1. The van der Waals surface area contributed by atoms with Gasteiger partial charge in [-0.2, -0.15) is 0 Å². The predicted molar refractivity (Wildman–Crippen MR) is 110 cm³/mol. The molecule has 2 aliphatic rings. The van der Waals surface area contributed by atoms with E-state index in [1.165, 1.54) is 12.1 Å². The van der Waals surface area contributed by atoms with Gasteiger partial charge in [0.2, 0.25) is 15.9 Å². The van der Waals surface area contributed by atoms with Crippen molar-refractivity contribution in [2.45, 2.75) is 11.3 Å². The van der Waals surface area contributed by atoms with Gasteiger partial charge in [-0.05, 0) is 24.3 Å². The van der Waals surface area contributed by atoms with E-state index in [2.05, 4.69) is 14.6 Å². The van der Waals surface area contributed by atoms with E-state index in [0.29, 0.717) is 50.9 Å². The van der Waals surface area contributed by atoms with Crippen molar-refractivity contribution < 1.29 is 22.7 Å². The van der Waals surface area contributed by atoms with Crippen molar-refractivity contribution in [2.75, 3.05) is 50.8 Å². The molecule has 3 heterocycles. The summed E-state index contributed by atoms with van der Waals surface area (Å²) < 4.78 is 38.7. The molecule has 4 rings (SSSR count). The lowest BCUT2D eigenvalue weighted by atomic mass is 10.2. The number of amides is 1. The topological polar surface area (TPSA) is 101 Å². The minimum Gasteiger partial charge on any atom is -0.490 e. The number of carbonyl (C=O) groups is 1.